The van der Waals surface area contributed by atoms with Crippen molar-refractivity contribution in [3.8, 4) is 0 Å². The number of pyridine rings is 1. The van der Waals surface area contributed by atoms with E-state index < -0.39 is 0 Å². The van der Waals surface area contributed by atoms with E-state index in [2.05, 4.69) is 58.9 Å². The second-order valence-electron chi connectivity index (χ2n) is 11.0. The maximum atomic E-state index is 5.07. The van der Waals surface area contributed by atoms with Gasteiger partial charge in [-0.2, -0.15) is 73.9 Å². The van der Waals surface area contributed by atoms with Gasteiger partial charge in [0, 0.05) is 5.69 Å². The van der Waals surface area contributed by atoms with Gasteiger partial charge < -0.3 is 5.32 Å². The van der Waals surface area contributed by atoms with Gasteiger partial charge in [-0.15, -0.1) is 48.1 Å². The molecule has 1 unspecified atom stereocenters. The molecule has 2 heterocycles. The summed E-state index contributed by atoms with van der Waals surface area (Å²) in [5.41, 5.74) is 8.14. The predicted octanol–water partition coefficient (Wildman–Crippen LogP) is 11.7. The Morgan fingerprint density at radius 1 is 0.659 bits per heavy atom. The average Bonchev–Trinajstić information content (AvgIpc) is 3.04. The molecule has 0 amide bonds. The van der Waals surface area contributed by atoms with Gasteiger partial charge in [-0.3, -0.25) is 4.98 Å². The maximum Gasteiger partial charge on any atom is 3.00 e. The van der Waals surface area contributed by atoms with E-state index in [-0.39, 0.29) is 26.2 Å². The van der Waals surface area contributed by atoms with Crippen molar-refractivity contribution in [2.24, 2.45) is 0 Å². The standard InChI is InChI=1S/C20H27N2.3C7H7.Zr/c1-3-5-7-17-13-11-15-9-10-16-12-14-18(8-6-4-2)22-20(16)19(15)21-17;3*1-7-5-3-2-4-6-7;/h9-11,13,18H,3-8,12,14H2,1-2H3;3*2-6H,1H2;/q4*-1;+3. The van der Waals surface area contributed by atoms with Gasteiger partial charge in [0.25, 0.3) is 0 Å². The molecule has 4 aromatic carbocycles. The second kappa shape index (κ2) is 21.3. The van der Waals surface area contributed by atoms with Crippen molar-refractivity contribution in [2.45, 2.75) is 71.3 Å². The number of aryl methyl sites for hydroxylation is 2. The topological polar surface area (TPSA) is 27.0 Å². The van der Waals surface area contributed by atoms with Crippen LogP contribution < -0.4 is 0 Å². The molecule has 5 aromatic rings. The normalized spacial score (nSPS) is 12.7. The summed E-state index contributed by atoms with van der Waals surface area (Å²) < 4.78 is 0. The number of benzene rings is 4. The van der Waals surface area contributed by atoms with E-state index in [0.29, 0.717) is 6.04 Å². The predicted molar refractivity (Wildman–Crippen MR) is 188 cm³/mol. The Balaban J connectivity index is 0.000000249. The summed E-state index contributed by atoms with van der Waals surface area (Å²) >= 11 is 0. The van der Waals surface area contributed by atoms with Crippen molar-refractivity contribution in [3.05, 3.63) is 169 Å². The summed E-state index contributed by atoms with van der Waals surface area (Å²) in [5.74, 6) is 0. The number of aromatic nitrogens is 1. The molecule has 1 aliphatic heterocycles. The molecule has 1 atom stereocenters. The van der Waals surface area contributed by atoms with Gasteiger partial charge >= 0.3 is 26.2 Å². The molecule has 1 radical (unpaired) electrons. The zero-order valence-corrected chi connectivity index (χ0v) is 29.2. The molecule has 0 bridgehead atoms. The van der Waals surface area contributed by atoms with Crippen molar-refractivity contribution in [3.63, 3.8) is 0 Å². The van der Waals surface area contributed by atoms with Crippen LogP contribution in [-0.4, -0.2) is 11.0 Å². The Kier molecular flexibility index (Phi) is 17.8. The minimum atomic E-state index is 0. The molecule has 6 rings (SSSR count). The fraction of sp³-hybridized carbons (Fsp3) is 0.268. The van der Waals surface area contributed by atoms with Crippen LogP contribution in [0.15, 0.2) is 115 Å². The Morgan fingerprint density at radius 3 is 1.61 bits per heavy atom. The first-order valence-corrected chi connectivity index (χ1v) is 15.7. The van der Waals surface area contributed by atoms with Gasteiger partial charge in [-0.1, -0.05) is 87.9 Å². The molecule has 227 valence electrons. The fourth-order valence-corrected chi connectivity index (χ4v) is 4.75. The maximum absolute atomic E-state index is 5.07. The van der Waals surface area contributed by atoms with Crippen molar-refractivity contribution < 1.29 is 26.2 Å². The molecule has 0 aliphatic carbocycles. The molecule has 0 saturated heterocycles. The van der Waals surface area contributed by atoms with E-state index in [0.717, 1.165) is 35.0 Å². The summed E-state index contributed by atoms with van der Waals surface area (Å²) in [6.45, 7) is 15.7. The van der Waals surface area contributed by atoms with Gasteiger partial charge in [0.1, 0.15) is 0 Å². The van der Waals surface area contributed by atoms with Crippen molar-refractivity contribution >= 4 is 16.6 Å². The van der Waals surface area contributed by atoms with Gasteiger partial charge in [0.15, 0.2) is 0 Å². The third kappa shape index (κ3) is 13.5. The summed E-state index contributed by atoms with van der Waals surface area (Å²) in [5, 5.41) is 6.30. The number of rotatable bonds is 6. The monoisotopic (exact) mass is 658 g/mol. The first-order chi connectivity index (χ1) is 21.0. The van der Waals surface area contributed by atoms with Gasteiger partial charge in [0.05, 0.1) is 5.52 Å². The number of hydrogen-bond acceptors (Lipinski definition) is 1. The smallest absolute Gasteiger partial charge is 0.680 e. The molecule has 2 nitrogen and oxygen atoms in total. The van der Waals surface area contributed by atoms with Crippen molar-refractivity contribution in [1.29, 1.82) is 0 Å². The summed E-state index contributed by atoms with van der Waals surface area (Å²) in [7, 11) is 0. The van der Waals surface area contributed by atoms with Crippen LogP contribution in [0.2, 0.25) is 0 Å². The van der Waals surface area contributed by atoms with Crippen molar-refractivity contribution in [2.75, 3.05) is 0 Å². The van der Waals surface area contributed by atoms with E-state index in [1.165, 1.54) is 60.9 Å². The van der Waals surface area contributed by atoms with Crippen LogP contribution in [0.3, 0.4) is 0 Å². The number of fused-ring (bicyclic) bond motifs is 3. The zero-order valence-electron chi connectivity index (χ0n) is 26.7. The number of unbranched alkanes of at least 4 members (excludes halogenated alkanes) is 2. The SMILES string of the molecule is CCCCc1ccc2ccc3c(c2n1)[N-]C(CCCC)CC3.[CH2-]c1ccccc1.[CH2-]c1ccccc1.[CH2-]c1ccccc1.[Zr+3]. The fourth-order valence-electron chi connectivity index (χ4n) is 4.75. The van der Waals surface area contributed by atoms with E-state index in [1.54, 1.807) is 0 Å². The van der Waals surface area contributed by atoms with Crippen LogP contribution in [0.25, 0.3) is 16.2 Å². The van der Waals surface area contributed by atoms with Crippen LogP contribution in [0.5, 0.6) is 0 Å². The molecule has 0 spiro atoms. The minimum absolute atomic E-state index is 0. The van der Waals surface area contributed by atoms with Crippen LogP contribution >= 0.6 is 0 Å². The number of nitrogens with zero attached hydrogens (tertiary/aromatic N) is 2. The van der Waals surface area contributed by atoms with E-state index >= 15 is 0 Å². The van der Waals surface area contributed by atoms with E-state index in [9.17, 15) is 0 Å². The molecular weight excluding hydrogens is 612 g/mol. The molecule has 44 heavy (non-hydrogen) atoms. The third-order valence-corrected chi connectivity index (χ3v) is 7.24. The quantitative estimate of drug-likeness (QED) is 0.167. The first-order valence-electron chi connectivity index (χ1n) is 15.7. The third-order valence-electron chi connectivity index (χ3n) is 7.24. The van der Waals surface area contributed by atoms with Crippen LogP contribution in [0.4, 0.5) is 5.69 Å². The second-order valence-corrected chi connectivity index (χ2v) is 11.0. The largest absolute Gasteiger partial charge is 3.00 e. The zero-order chi connectivity index (χ0) is 30.7. The van der Waals surface area contributed by atoms with Crippen LogP contribution in [0.1, 0.15) is 80.3 Å². The first kappa shape index (κ1) is 36.8. The molecule has 1 aromatic heterocycles. The molecular formula is C41H48N2Zr-. The van der Waals surface area contributed by atoms with Crippen LogP contribution in [-0.2, 0) is 39.0 Å². The Labute approximate surface area is 286 Å². The van der Waals surface area contributed by atoms with Crippen molar-refractivity contribution in [1.82, 2.24) is 4.98 Å². The molecule has 1 aliphatic rings. The van der Waals surface area contributed by atoms with Gasteiger partial charge in [-0.05, 0) is 30.7 Å². The Bertz CT molecular complexity index is 1350. The minimum Gasteiger partial charge on any atom is -0.680 e. The molecule has 3 heteroatoms. The summed E-state index contributed by atoms with van der Waals surface area (Å²) in [6, 6.07) is 39.0. The van der Waals surface area contributed by atoms with E-state index in [1.807, 2.05) is 91.0 Å². The molecule has 0 N–H and O–H groups in total. The number of hydrogen-bond donors (Lipinski definition) is 0. The van der Waals surface area contributed by atoms with Gasteiger partial charge in [-0.25, -0.2) is 0 Å². The molecule has 0 saturated carbocycles. The van der Waals surface area contributed by atoms with E-state index in [4.69, 9.17) is 10.3 Å². The Hall–Kier alpha value is -3.42. The Morgan fingerprint density at radius 2 is 1.16 bits per heavy atom. The molecule has 0 fully saturated rings. The summed E-state index contributed by atoms with van der Waals surface area (Å²) in [6.07, 6.45) is 9.63. The average molecular weight is 660 g/mol. The van der Waals surface area contributed by atoms with Crippen LogP contribution in [0, 0.1) is 20.8 Å². The summed E-state index contributed by atoms with van der Waals surface area (Å²) in [4.78, 5) is 4.95. The van der Waals surface area contributed by atoms with Gasteiger partial charge in [0.2, 0.25) is 0 Å².